The fraction of sp³-hybridized carbons (Fsp3) is 0.167. The first-order valence-corrected chi connectivity index (χ1v) is 6.14. The van der Waals surface area contributed by atoms with Gasteiger partial charge in [-0.05, 0) is 0 Å². The van der Waals surface area contributed by atoms with E-state index in [4.69, 9.17) is 0 Å². The molecule has 24 heavy (non-hydrogen) atoms. The third kappa shape index (κ3) is 3.18. The Kier molecular flexibility index (Phi) is 4.52. The molecule has 2 atom stereocenters. The number of carbonyl (C=O) groups excluding carboxylic acids is 6. The van der Waals surface area contributed by atoms with Gasteiger partial charge in [0.1, 0.15) is 0 Å². The van der Waals surface area contributed by atoms with E-state index in [9.17, 15) is 39.0 Å². The highest BCUT2D eigenvalue weighted by Gasteiger charge is 2.39. The van der Waals surface area contributed by atoms with Crippen LogP contribution in [0.5, 0.6) is 0 Å². The normalized spacial score (nSPS) is 19.1. The van der Waals surface area contributed by atoms with Crippen LogP contribution in [0.15, 0.2) is 24.3 Å². The minimum Gasteiger partial charge on any atom is -0.379 e. The molecule has 0 aromatic carbocycles. The quantitative estimate of drug-likeness (QED) is 0.478. The molecule has 0 aliphatic carbocycles. The Labute approximate surface area is 132 Å². The van der Waals surface area contributed by atoms with E-state index in [2.05, 4.69) is 9.68 Å². The molecule has 12 nitrogen and oxygen atoms in total. The van der Waals surface area contributed by atoms with E-state index in [-0.39, 0.29) is 10.1 Å². The molecule has 2 aliphatic heterocycles. The molecule has 0 aromatic rings. The van der Waals surface area contributed by atoms with Crippen molar-refractivity contribution in [3.8, 4) is 0 Å². The van der Waals surface area contributed by atoms with Crippen LogP contribution in [0.4, 0.5) is 0 Å². The van der Waals surface area contributed by atoms with Crippen molar-refractivity contribution in [3.63, 3.8) is 0 Å². The largest absolute Gasteiger partial charge is 0.379 e. The van der Waals surface area contributed by atoms with Crippen LogP contribution in [-0.4, -0.2) is 68.1 Å². The number of carbonyl (C=O) groups is 6. The second-order valence-corrected chi connectivity index (χ2v) is 4.32. The van der Waals surface area contributed by atoms with Crippen molar-refractivity contribution in [2.75, 3.05) is 0 Å². The Bertz CT molecular complexity index is 613. The molecule has 126 valence electrons. The summed E-state index contributed by atoms with van der Waals surface area (Å²) in [6.07, 6.45) is -1.98. The van der Waals surface area contributed by atoms with Crippen LogP contribution in [0.3, 0.4) is 0 Å². The number of imide groups is 2. The molecule has 2 rings (SSSR count). The van der Waals surface area contributed by atoms with Crippen molar-refractivity contribution >= 4 is 35.6 Å². The lowest BCUT2D eigenvalue weighted by Crippen LogP contribution is -2.47. The summed E-state index contributed by atoms with van der Waals surface area (Å²) in [6.45, 7) is 0. The maximum Gasteiger partial charge on any atom is 0.364 e. The lowest BCUT2D eigenvalue weighted by atomic mass is 10.2. The van der Waals surface area contributed by atoms with E-state index >= 15 is 0 Å². The average Bonchev–Trinajstić information content (AvgIpc) is 3.03. The van der Waals surface area contributed by atoms with E-state index in [0.717, 1.165) is 24.3 Å². The first-order valence-electron chi connectivity index (χ1n) is 6.14. The summed E-state index contributed by atoms with van der Waals surface area (Å²) in [5.74, 6) is -7.51. The van der Waals surface area contributed by atoms with Gasteiger partial charge in [0.15, 0.2) is 12.2 Å². The minimum atomic E-state index is -2.56. The number of hydroxylamine groups is 4. The first-order chi connectivity index (χ1) is 11.2. The second-order valence-electron chi connectivity index (χ2n) is 4.32. The van der Waals surface area contributed by atoms with Crippen LogP contribution in [0.1, 0.15) is 0 Å². The fourth-order valence-electron chi connectivity index (χ4n) is 1.50. The van der Waals surface area contributed by atoms with Crippen molar-refractivity contribution in [1.29, 1.82) is 0 Å². The van der Waals surface area contributed by atoms with Crippen molar-refractivity contribution in [2.45, 2.75) is 12.2 Å². The first kappa shape index (κ1) is 17.0. The monoisotopic (exact) mass is 340 g/mol. The van der Waals surface area contributed by atoms with Gasteiger partial charge in [0.05, 0.1) is 0 Å². The van der Waals surface area contributed by atoms with Crippen LogP contribution >= 0.6 is 0 Å². The van der Waals surface area contributed by atoms with Gasteiger partial charge in [0.2, 0.25) is 0 Å². The Balaban J connectivity index is 1.94. The van der Waals surface area contributed by atoms with Crippen LogP contribution in [0, 0.1) is 0 Å². The number of aliphatic hydroxyl groups excluding tert-OH is 2. The summed E-state index contributed by atoms with van der Waals surface area (Å²) < 4.78 is 0. The molecule has 0 bridgehead atoms. The molecular formula is C12H8N2O10. The molecule has 2 heterocycles. The molecule has 4 amide bonds. The van der Waals surface area contributed by atoms with E-state index in [1.807, 2.05) is 0 Å². The molecule has 0 spiro atoms. The Morgan fingerprint density at radius 1 is 0.708 bits per heavy atom. The van der Waals surface area contributed by atoms with Crippen LogP contribution < -0.4 is 0 Å². The number of hydrogen-bond acceptors (Lipinski definition) is 10. The third-order valence-electron chi connectivity index (χ3n) is 2.68. The Morgan fingerprint density at radius 2 is 0.958 bits per heavy atom. The van der Waals surface area contributed by atoms with Crippen LogP contribution in [0.2, 0.25) is 0 Å². The zero-order valence-electron chi connectivity index (χ0n) is 11.5. The van der Waals surface area contributed by atoms with E-state index in [1.165, 1.54) is 0 Å². The summed E-state index contributed by atoms with van der Waals surface area (Å²) in [6, 6.07) is 0. The smallest absolute Gasteiger partial charge is 0.364 e. The highest BCUT2D eigenvalue weighted by atomic mass is 16.7. The number of amides is 4. The highest BCUT2D eigenvalue weighted by molar-refractivity contribution is 6.13. The third-order valence-corrected chi connectivity index (χ3v) is 2.68. The molecule has 0 radical (unpaired) electrons. The topological polar surface area (TPSA) is 168 Å². The highest BCUT2D eigenvalue weighted by Crippen LogP contribution is 2.10. The van der Waals surface area contributed by atoms with E-state index < -0.39 is 47.8 Å². The van der Waals surface area contributed by atoms with Gasteiger partial charge >= 0.3 is 11.9 Å². The molecule has 0 saturated carbocycles. The van der Waals surface area contributed by atoms with Gasteiger partial charge in [0, 0.05) is 24.3 Å². The number of rotatable bonds is 5. The lowest BCUT2D eigenvalue weighted by molar-refractivity contribution is -0.215. The number of hydrogen-bond donors (Lipinski definition) is 2. The average molecular weight is 340 g/mol. The predicted molar refractivity (Wildman–Crippen MR) is 66.2 cm³/mol. The van der Waals surface area contributed by atoms with E-state index in [1.54, 1.807) is 0 Å². The van der Waals surface area contributed by atoms with Crippen LogP contribution in [-0.2, 0) is 38.4 Å². The maximum absolute atomic E-state index is 11.5. The molecule has 2 unspecified atom stereocenters. The summed E-state index contributed by atoms with van der Waals surface area (Å²) in [5.41, 5.74) is 0. The molecule has 2 aliphatic rings. The number of nitrogens with zero attached hydrogens (tertiary/aromatic N) is 2. The Hall–Kier alpha value is -3.38. The summed E-state index contributed by atoms with van der Waals surface area (Å²) in [5, 5.41) is 19.0. The van der Waals surface area contributed by atoms with Crippen molar-refractivity contribution < 1.29 is 48.7 Å². The minimum absolute atomic E-state index is 0.0128. The predicted octanol–water partition coefficient (Wildman–Crippen LogP) is -3.53. The van der Waals surface area contributed by atoms with Gasteiger partial charge in [-0.1, -0.05) is 10.1 Å². The molecule has 2 N–H and O–H groups in total. The summed E-state index contributed by atoms with van der Waals surface area (Å²) in [4.78, 5) is 76.2. The van der Waals surface area contributed by atoms with E-state index in [0.29, 0.717) is 0 Å². The molecular weight excluding hydrogens is 332 g/mol. The van der Waals surface area contributed by atoms with Crippen LogP contribution in [0.25, 0.3) is 0 Å². The van der Waals surface area contributed by atoms with Gasteiger partial charge in [-0.2, -0.15) is 0 Å². The van der Waals surface area contributed by atoms with Gasteiger partial charge < -0.3 is 19.9 Å². The van der Waals surface area contributed by atoms with Gasteiger partial charge in [-0.25, -0.2) is 9.59 Å². The summed E-state index contributed by atoms with van der Waals surface area (Å²) in [7, 11) is 0. The van der Waals surface area contributed by atoms with Crippen molar-refractivity contribution in [2.24, 2.45) is 0 Å². The van der Waals surface area contributed by atoms with Crippen molar-refractivity contribution in [1.82, 2.24) is 10.1 Å². The Morgan fingerprint density at radius 3 is 1.21 bits per heavy atom. The molecule has 0 saturated heterocycles. The molecule has 0 fully saturated rings. The fourth-order valence-corrected chi connectivity index (χ4v) is 1.50. The molecule has 12 heteroatoms. The van der Waals surface area contributed by atoms with Gasteiger partial charge in [-0.3, -0.25) is 19.2 Å². The van der Waals surface area contributed by atoms with Gasteiger partial charge in [0.25, 0.3) is 23.6 Å². The van der Waals surface area contributed by atoms with Gasteiger partial charge in [-0.15, -0.1) is 0 Å². The SMILES string of the molecule is O=C(ON1C(=O)C=CC1=O)C(O)C(O)C(=O)ON1C(=O)C=CC1=O. The standard InChI is InChI=1S/C12H8N2O10/c15-5-1-2-6(16)13(5)23-11(21)9(19)10(20)12(22)24-14-7(17)3-4-8(14)18/h1-4,9-10,19-20H. The summed E-state index contributed by atoms with van der Waals surface area (Å²) >= 11 is 0. The second kappa shape index (κ2) is 6.39. The molecule has 0 aromatic heterocycles. The zero-order valence-corrected chi connectivity index (χ0v) is 11.5. The maximum atomic E-state index is 11.5. The number of aliphatic hydroxyl groups is 2. The lowest BCUT2D eigenvalue weighted by Gasteiger charge is -2.19. The zero-order chi connectivity index (χ0) is 18.0. The van der Waals surface area contributed by atoms with Crippen molar-refractivity contribution in [3.05, 3.63) is 24.3 Å².